The van der Waals surface area contributed by atoms with E-state index < -0.39 is 0 Å². The predicted molar refractivity (Wildman–Crippen MR) is 104 cm³/mol. The number of aromatic nitrogens is 6. The van der Waals surface area contributed by atoms with Gasteiger partial charge >= 0.3 is 0 Å². The van der Waals surface area contributed by atoms with Crippen LogP contribution in [0.15, 0.2) is 30.9 Å². The van der Waals surface area contributed by atoms with Crippen LogP contribution in [0.1, 0.15) is 55.8 Å². The van der Waals surface area contributed by atoms with E-state index in [-0.39, 0.29) is 28.7 Å². The SMILES string of the molecule is CC(C)(C)n1cc(C2N(C(=O)c3nc4ncccn4n3)CC23CCOCC3)cn1. The fraction of sp³-hybridized carbons (Fsp3) is 0.550. The maximum Gasteiger partial charge on any atom is 0.294 e. The maximum atomic E-state index is 13.3. The molecule has 9 heteroatoms. The summed E-state index contributed by atoms with van der Waals surface area (Å²) < 4.78 is 9.10. The van der Waals surface area contributed by atoms with Crippen LogP contribution in [-0.4, -0.2) is 59.9 Å². The first kappa shape index (κ1) is 18.2. The van der Waals surface area contributed by atoms with Crippen LogP contribution in [0.2, 0.25) is 0 Å². The van der Waals surface area contributed by atoms with Crippen LogP contribution < -0.4 is 0 Å². The smallest absolute Gasteiger partial charge is 0.294 e. The molecule has 0 radical (unpaired) electrons. The molecule has 152 valence electrons. The second kappa shape index (κ2) is 6.35. The molecule has 5 rings (SSSR count). The molecule has 3 aromatic rings. The monoisotopic (exact) mass is 395 g/mol. The fourth-order valence-electron chi connectivity index (χ4n) is 4.46. The minimum atomic E-state index is -0.166. The average Bonchev–Trinajstić information content (AvgIpc) is 3.33. The van der Waals surface area contributed by atoms with Crippen molar-refractivity contribution in [1.82, 2.24) is 34.3 Å². The number of rotatable bonds is 2. The highest BCUT2D eigenvalue weighted by atomic mass is 16.5. The zero-order valence-corrected chi connectivity index (χ0v) is 16.9. The lowest BCUT2D eigenvalue weighted by molar-refractivity contribution is -0.115. The first-order valence-electron chi connectivity index (χ1n) is 9.99. The highest BCUT2D eigenvalue weighted by Gasteiger charge is 2.56. The molecular formula is C20H25N7O2. The van der Waals surface area contributed by atoms with Crippen LogP contribution in [0.4, 0.5) is 0 Å². The van der Waals surface area contributed by atoms with Crippen molar-refractivity contribution >= 4 is 11.7 Å². The number of ether oxygens (including phenoxy) is 1. The molecule has 1 unspecified atom stereocenters. The summed E-state index contributed by atoms with van der Waals surface area (Å²) in [6, 6.07) is 1.72. The second-order valence-corrected chi connectivity index (χ2v) is 9.00. The number of carbonyl (C=O) groups excluding carboxylic acids is 1. The van der Waals surface area contributed by atoms with Gasteiger partial charge in [-0.15, -0.1) is 5.10 Å². The van der Waals surface area contributed by atoms with Crippen LogP contribution in [0.5, 0.6) is 0 Å². The molecular weight excluding hydrogens is 370 g/mol. The van der Waals surface area contributed by atoms with Crippen molar-refractivity contribution in [2.75, 3.05) is 19.8 Å². The zero-order valence-electron chi connectivity index (χ0n) is 16.9. The van der Waals surface area contributed by atoms with E-state index in [0.717, 1.165) is 31.6 Å². The van der Waals surface area contributed by atoms with Crippen molar-refractivity contribution in [1.29, 1.82) is 0 Å². The number of amides is 1. The number of hydrogen-bond acceptors (Lipinski definition) is 6. The minimum absolute atomic E-state index is 0.0249. The molecule has 0 saturated carbocycles. The van der Waals surface area contributed by atoms with Crippen molar-refractivity contribution in [3.8, 4) is 0 Å². The van der Waals surface area contributed by atoms with Crippen molar-refractivity contribution < 1.29 is 9.53 Å². The van der Waals surface area contributed by atoms with Crippen LogP contribution in [-0.2, 0) is 10.3 Å². The Morgan fingerprint density at radius 1 is 1.28 bits per heavy atom. The second-order valence-electron chi connectivity index (χ2n) is 9.00. The van der Waals surface area contributed by atoms with Crippen molar-refractivity contribution in [3.05, 3.63) is 42.2 Å². The Kier molecular flexibility index (Phi) is 3.99. The van der Waals surface area contributed by atoms with Gasteiger partial charge in [-0.25, -0.2) is 9.50 Å². The van der Waals surface area contributed by atoms with E-state index in [9.17, 15) is 4.79 Å². The molecule has 29 heavy (non-hydrogen) atoms. The number of hydrogen-bond donors (Lipinski definition) is 0. The molecule has 0 bridgehead atoms. The van der Waals surface area contributed by atoms with Crippen LogP contribution in [0.3, 0.4) is 0 Å². The van der Waals surface area contributed by atoms with Gasteiger partial charge in [0.25, 0.3) is 11.7 Å². The first-order chi connectivity index (χ1) is 13.9. The third-order valence-corrected chi connectivity index (χ3v) is 6.04. The average molecular weight is 395 g/mol. The van der Waals surface area contributed by atoms with Gasteiger partial charge in [-0.2, -0.15) is 10.1 Å². The van der Waals surface area contributed by atoms with Gasteiger partial charge in [0.1, 0.15) is 0 Å². The molecule has 3 aromatic heterocycles. The third kappa shape index (κ3) is 2.91. The Labute approximate surface area is 168 Å². The lowest BCUT2D eigenvalue weighted by Crippen LogP contribution is -2.62. The van der Waals surface area contributed by atoms with E-state index in [0.29, 0.717) is 12.3 Å². The lowest BCUT2D eigenvalue weighted by atomic mass is 9.64. The number of nitrogens with zero attached hydrogens (tertiary/aromatic N) is 7. The number of carbonyl (C=O) groups is 1. The highest BCUT2D eigenvalue weighted by Crippen LogP contribution is 2.55. The van der Waals surface area contributed by atoms with Gasteiger partial charge in [0.2, 0.25) is 5.82 Å². The summed E-state index contributed by atoms with van der Waals surface area (Å²) in [5, 5.41) is 8.90. The molecule has 1 atom stereocenters. The normalized spacial score (nSPS) is 21.5. The van der Waals surface area contributed by atoms with Gasteiger partial charge in [0, 0.05) is 49.3 Å². The Bertz CT molecular complexity index is 1030. The molecule has 2 saturated heterocycles. The van der Waals surface area contributed by atoms with Gasteiger partial charge in [0.05, 0.1) is 17.8 Å². The van der Waals surface area contributed by atoms with Crippen LogP contribution >= 0.6 is 0 Å². The molecule has 2 fully saturated rings. The lowest BCUT2D eigenvalue weighted by Gasteiger charge is -2.58. The molecule has 1 amide bonds. The summed E-state index contributed by atoms with van der Waals surface area (Å²) in [6.07, 6.45) is 9.21. The minimum Gasteiger partial charge on any atom is -0.381 e. The Morgan fingerprint density at radius 3 is 2.76 bits per heavy atom. The number of likely N-dealkylation sites (tertiary alicyclic amines) is 1. The van der Waals surface area contributed by atoms with E-state index in [1.54, 1.807) is 18.5 Å². The summed E-state index contributed by atoms with van der Waals surface area (Å²) in [6.45, 7) is 8.48. The highest BCUT2D eigenvalue weighted by molar-refractivity contribution is 5.92. The molecule has 0 aliphatic carbocycles. The molecule has 2 aliphatic heterocycles. The molecule has 2 aliphatic rings. The van der Waals surface area contributed by atoms with E-state index >= 15 is 0 Å². The Hall–Kier alpha value is -2.81. The Morgan fingerprint density at radius 2 is 2.07 bits per heavy atom. The van der Waals surface area contributed by atoms with Crippen molar-refractivity contribution in [2.45, 2.75) is 45.2 Å². The van der Waals surface area contributed by atoms with E-state index in [2.05, 4.69) is 47.1 Å². The standard InChI is InChI=1S/C20H25N7O2/c1-19(2,3)27-12-14(11-22-27)15-20(5-9-29-10-6-20)13-25(15)17(28)16-23-18-21-7-4-8-26(18)24-16/h4,7-8,11-12,15H,5-6,9-10,13H2,1-3H3. The van der Waals surface area contributed by atoms with Gasteiger partial charge in [0.15, 0.2) is 0 Å². The van der Waals surface area contributed by atoms with Gasteiger partial charge in [-0.3, -0.25) is 9.48 Å². The topological polar surface area (TPSA) is 90.4 Å². The molecule has 0 aromatic carbocycles. The van der Waals surface area contributed by atoms with E-state index in [1.807, 2.05) is 15.8 Å². The third-order valence-electron chi connectivity index (χ3n) is 6.04. The van der Waals surface area contributed by atoms with Crippen LogP contribution in [0, 0.1) is 5.41 Å². The largest absolute Gasteiger partial charge is 0.381 e. The van der Waals surface area contributed by atoms with Gasteiger partial charge in [-0.1, -0.05) is 0 Å². The zero-order chi connectivity index (χ0) is 20.2. The summed E-state index contributed by atoms with van der Waals surface area (Å²) >= 11 is 0. The molecule has 0 N–H and O–H groups in total. The molecule has 5 heterocycles. The maximum absolute atomic E-state index is 13.3. The Balaban J connectivity index is 1.50. The van der Waals surface area contributed by atoms with Crippen molar-refractivity contribution in [2.24, 2.45) is 5.41 Å². The molecule has 1 spiro atoms. The summed E-state index contributed by atoms with van der Waals surface area (Å²) in [5.41, 5.74) is 0.967. The van der Waals surface area contributed by atoms with Crippen LogP contribution in [0.25, 0.3) is 5.78 Å². The van der Waals surface area contributed by atoms with Crippen molar-refractivity contribution in [3.63, 3.8) is 0 Å². The molecule has 9 nitrogen and oxygen atoms in total. The summed E-state index contributed by atoms with van der Waals surface area (Å²) in [7, 11) is 0. The number of fused-ring (bicyclic) bond motifs is 1. The van der Waals surface area contributed by atoms with E-state index in [4.69, 9.17) is 4.74 Å². The quantitative estimate of drug-likeness (QED) is 0.660. The fourth-order valence-corrected chi connectivity index (χ4v) is 4.46. The summed E-state index contributed by atoms with van der Waals surface area (Å²) in [5.74, 6) is 0.439. The van der Waals surface area contributed by atoms with Gasteiger partial charge < -0.3 is 9.64 Å². The predicted octanol–water partition coefficient (Wildman–Crippen LogP) is 2.07. The van der Waals surface area contributed by atoms with Gasteiger partial charge in [-0.05, 0) is 39.7 Å². The first-order valence-corrected chi connectivity index (χ1v) is 9.99. The summed E-state index contributed by atoms with van der Waals surface area (Å²) in [4.78, 5) is 23.7. The van der Waals surface area contributed by atoms with E-state index in [1.165, 1.54) is 4.52 Å².